The monoisotopic (exact) mass is 599 g/mol. The van der Waals surface area contributed by atoms with Crippen molar-refractivity contribution in [3.63, 3.8) is 0 Å². The van der Waals surface area contributed by atoms with E-state index >= 15 is 0 Å². The quantitative estimate of drug-likeness (QED) is 0.203. The van der Waals surface area contributed by atoms with Gasteiger partial charge >= 0.3 is 0 Å². The van der Waals surface area contributed by atoms with Gasteiger partial charge in [0.05, 0.1) is 39.4 Å². The highest BCUT2D eigenvalue weighted by Gasteiger charge is 2.18. The van der Waals surface area contributed by atoms with Crippen LogP contribution >= 0.6 is 0 Å². The maximum Gasteiger partial charge on any atom is 0.136 e. The van der Waals surface area contributed by atoms with Gasteiger partial charge in [-0.2, -0.15) is 5.26 Å². The molecule has 0 radical (unpaired) electrons. The van der Waals surface area contributed by atoms with Crippen molar-refractivity contribution in [1.29, 1.82) is 5.26 Å². The minimum absolute atomic E-state index is 0.630. The Balaban J connectivity index is 1.18. The van der Waals surface area contributed by atoms with Gasteiger partial charge in [-0.15, -0.1) is 0 Å². The fourth-order valence-electron chi connectivity index (χ4n) is 7.47. The summed E-state index contributed by atoms with van der Waals surface area (Å²) in [5, 5.41) is 16.9. The van der Waals surface area contributed by atoms with E-state index in [9.17, 15) is 5.26 Å². The summed E-state index contributed by atoms with van der Waals surface area (Å²) in [6.07, 6.45) is 0. The lowest BCUT2D eigenvalue weighted by Gasteiger charge is -2.15. The second-order valence-electron chi connectivity index (χ2n) is 12.1. The lowest BCUT2D eigenvalue weighted by atomic mass is 10.0. The average Bonchev–Trinajstić information content (AvgIpc) is 3.78. The Hall–Kier alpha value is -6.57. The van der Waals surface area contributed by atoms with Crippen molar-refractivity contribution in [3.05, 3.63) is 157 Å². The summed E-state index contributed by atoms with van der Waals surface area (Å²) >= 11 is 0. The molecule has 4 nitrogen and oxygen atoms in total. The number of hydrogen-bond donors (Lipinski definition) is 0. The zero-order chi connectivity index (χ0) is 31.1. The van der Waals surface area contributed by atoms with E-state index in [0.717, 1.165) is 71.9 Å². The summed E-state index contributed by atoms with van der Waals surface area (Å²) in [5.74, 6) is 0. The summed E-state index contributed by atoms with van der Waals surface area (Å²) in [4.78, 5) is 0. The van der Waals surface area contributed by atoms with Gasteiger partial charge in [0, 0.05) is 43.6 Å². The molecule has 10 rings (SSSR count). The molecule has 0 spiro atoms. The number of furan rings is 1. The standard InChI is InChI=1S/C43H25N3O/c44-26-27-17-22-30(40(23-27)46-38-14-6-1-9-31(38)32-10-2-7-15-39(32)46)28-18-20-29(21-19-28)45-37-13-5-3-11-33(37)35-25-43-36(24-41(35)45)34-12-4-8-16-42(34)47-43/h1-25H. The summed E-state index contributed by atoms with van der Waals surface area (Å²) in [6.45, 7) is 0. The van der Waals surface area contributed by atoms with Crippen molar-refractivity contribution in [3.8, 4) is 28.6 Å². The highest BCUT2D eigenvalue weighted by molar-refractivity contribution is 6.17. The third kappa shape index (κ3) is 3.69. The molecule has 0 saturated carbocycles. The van der Waals surface area contributed by atoms with E-state index in [0.29, 0.717) is 5.56 Å². The summed E-state index contributed by atoms with van der Waals surface area (Å²) in [7, 11) is 0. The molecule has 0 aliphatic carbocycles. The molecule has 0 unspecified atom stereocenters. The molecular weight excluding hydrogens is 574 g/mol. The average molecular weight is 600 g/mol. The normalized spacial score (nSPS) is 11.8. The van der Waals surface area contributed by atoms with Crippen molar-refractivity contribution < 1.29 is 4.42 Å². The molecule has 7 aromatic carbocycles. The fourth-order valence-corrected chi connectivity index (χ4v) is 7.47. The summed E-state index contributed by atoms with van der Waals surface area (Å²) in [5.41, 5.74) is 11.2. The van der Waals surface area contributed by atoms with Crippen LogP contribution < -0.4 is 0 Å². The number of nitriles is 1. The molecule has 0 aliphatic rings. The number of nitrogens with zero attached hydrogens (tertiary/aromatic N) is 3. The molecule has 4 heteroatoms. The molecular formula is C43H25N3O. The molecule has 47 heavy (non-hydrogen) atoms. The van der Waals surface area contributed by atoms with Crippen molar-refractivity contribution in [2.45, 2.75) is 0 Å². The molecule has 218 valence electrons. The maximum absolute atomic E-state index is 9.91. The van der Waals surface area contributed by atoms with Gasteiger partial charge in [-0.3, -0.25) is 0 Å². The SMILES string of the molecule is N#Cc1ccc(-c2ccc(-n3c4ccccc4c4cc5oc6ccccc6c5cc43)cc2)c(-n2c3ccccc3c3ccccc32)c1. The van der Waals surface area contributed by atoms with Crippen LogP contribution in [0.2, 0.25) is 0 Å². The van der Waals surface area contributed by atoms with E-state index in [1.54, 1.807) is 0 Å². The third-order valence-electron chi connectivity index (χ3n) is 9.56. The fraction of sp³-hybridized carbons (Fsp3) is 0. The lowest BCUT2D eigenvalue weighted by Crippen LogP contribution is -1.99. The Morgan fingerprint density at radius 1 is 0.447 bits per heavy atom. The number of hydrogen-bond acceptors (Lipinski definition) is 2. The van der Waals surface area contributed by atoms with E-state index in [1.807, 2.05) is 24.3 Å². The number of fused-ring (bicyclic) bond motifs is 9. The first-order valence-corrected chi connectivity index (χ1v) is 15.7. The first-order chi connectivity index (χ1) is 23.3. The maximum atomic E-state index is 9.91. The lowest BCUT2D eigenvalue weighted by molar-refractivity contribution is 0.669. The molecule has 0 amide bonds. The van der Waals surface area contributed by atoms with E-state index in [1.165, 1.54) is 16.2 Å². The molecule has 0 fully saturated rings. The number of aromatic nitrogens is 2. The Morgan fingerprint density at radius 2 is 1.04 bits per heavy atom. The van der Waals surface area contributed by atoms with Crippen molar-refractivity contribution >= 4 is 65.6 Å². The second kappa shape index (κ2) is 9.71. The van der Waals surface area contributed by atoms with Gasteiger partial charge < -0.3 is 13.6 Å². The van der Waals surface area contributed by atoms with Crippen molar-refractivity contribution in [2.75, 3.05) is 0 Å². The second-order valence-corrected chi connectivity index (χ2v) is 12.1. The van der Waals surface area contributed by atoms with Crippen LogP contribution in [-0.2, 0) is 0 Å². The molecule has 3 heterocycles. The van der Waals surface area contributed by atoms with Crippen LogP contribution in [0.1, 0.15) is 5.56 Å². The predicted octanol–water partition coefficient (Wildman–Crippen LogP) is 11.3. The van der Waals surface area contributed by atoms with E-state index in [4.69, 9.17) is 4.42 Å². The van der Waals surface area contributed by atoms with Crippen LogP contribution in [-0.4, -0.2) is 9.13 Å². The summed E-state index contributed by atoms with van der Waals surface area (Å²) in [6, 6.07) is 55.4. The van der Waals surface area contributed by atoms with Gasteiger partial charge in [0.1, 0.15) is 11.2 Å². The number of para-hydroxylation sites is 4. The van der Waals surface area contributed by atoms with Crippen molar-refractivity contribution in [2.24, 2.45) is 0 Å². The Labute approximate surface area is 269 Å². The molecule has 0 bridgehead atoms. The molecule has 10 aromatic rings. The van der Waals surface area contributed by atoms with Crippen LogP contribution in [0.15, 0.2) is 156 Å². The topological polar surface area (TPSA) is 46.8 Å². The van der Waals surface area contributed by atoms with E-state index < -0.39 is 0 Å². The molecule has 0 aliphatic heterocycles. The minimum atomic E-state index is 0.630. The Morgan fingerprint density at radius 3 is 1.72 bits per heavy atom. The van der Waals surface area contributed by atoms with Crippen LogP contribution in [0.25, 0.3) is 88.1 Å². The molecule has 3 aromatic heterocycles. The Bertz CT molecular complexity index is 2860. The Kier molecular flexibility index (Phi) is 5.32. The van der Waals surface area contributed by atoms with Crippen LogP contribution in [0.3, 0.4) is 0 Å². The highest BCUT2D eigenvalue weighted by atomic mass is 16.3. The number of benzene rings is 7. The van der Waals surface area contributed by atoms with E-state index in [2.05, 4.69) is 143 Å². The largest absolute Gasteiger partial charge is 0.456 e. The predicted molar refractivity (Wildman–Crippen MR) is 193 cm³/mol. The first kappa shape index (κ1) is 25.7. The van der Waals surface area contributed by atoms with Crippen LogP contribution in [0.4, 0.5) is 0 Å². The van der Waals surface area contributed by atoms with Crippen LogP contribution in [0.5, 0.6) is 0 Å². The van der Waals surface area contributed by atoms with Crippen LogP contribution in [0, 0.1) is 11.3 Å². The molecule has 0 N–H and O–H groups in total. The van der Waals surface area contributed by atoms with Gasteiger partial charge in [-0.1, -0.05) is 91.0 Å². The van der Waals surface area contributed by atoms with Gasteiger partial charge in [-0.05, 0) is 66.2 Å². The third-order valence-corrected chi connectivity index (χ3v) is 9.56. The van der Waals surface area contributed by atoms with Gasteiger partial charge in [0.2, 0.25) is 0 Å². The molecule has 0 saturated heterocycles. The van der Waals surface area contributed by atoms with E-state index in [-0.39, 0.29) is 0 Å². The highest BCUT2D eigenvalue weighted by Crippen LogP contribution is 2.40. The van der Waals surface area contributed by atoms with Gasteiger partial charge in [0.15, 0.2) is 0 Å². The summed E-state index contributed by atoms with van der Waals surface area (Å²) < 4.78 is 10.9. The number of rotatable bonds is 3. The van der Waals surface area contributed by atoms with Gasteiger partial charge in [0.25, 0.3) is 0 Å². The molecule has 0 atom stereocenters. The zero-order valence-corrected chi connectivity index (χ0v) is 25.2. The smallest absolute Gasteiger partial charge is 0.136 e. The zero-order valence-electron chi connectivity index (χ0n) is 25.2. The minimum Gasteiger partial charge on any atom is -0.456 e. The first-order valence-electron chi connectivity index (χ1n) is 15.7. The van der Waals surface area contributed by atoms with Gasteiger partial charge in [-0.25, -0.2) is 0 Å². The van der Waals surface area contributed by atoms with Crippen molar-refractivity contribution in [1.82, 2.24) is 9.13 Å².